The number of hydrogen-bond acceptors (Lipinski definition) is 3. The van der Waals surface area contributed by atoms with Crippen molar-refractivity contribution in [1.82, 2.24) is 0 Å². The lowest BCUT2D eigenvalue weighted by Crippen LogP contribution is -2.14. The number of halogens is 1. The first-order chi connectivity index (χ1) is 9.06. The Morgan fingerprint density at radius 1 is 1.16 bits per heavy atom. The molecule has 5 N–H and O–H groups in total. The molecule has 0 spiro atoms. The molecule has 0 aliphatic heterocycles. The predicted octanol–water partition coefficient (Wildman–Crippen LogP) is 2.12. The third-order valence-electron chi connectivity index (χ3n) is 2.71. The average Bonchev–Trinajstić information content (AvgIpc) is 2.39. The van der Waals surface area contributed by atoms with Gasteiger partial charge in [0.25, 0.3) is 5.91 Å². The number of carbonyl (C=O) groups is 1. The molecule has 0 heterocycles. The van der Waals surface area contributed by atoms with Crippen molar-refractivity contribution in [1.29, 1.82) is 0 Å². The molecule has 0 saturated carbocycles. The third kappa shape index (κ3) is 3.22. The minimum absolute atomic E-state index is 0.283. The van der Waals surface area contributed by atoms with Gasteiger partial charge >= 0.3 is 0 Å². The zero-order chi connectivity index (χ0) is 13.8. The lowest BCUT2D eigenvalue weighted by molar-refractivity contribution is 0.100. The summed E-state index contributed by atoms with van der Waals surface area (Å²) in [5, 5.41) is 3.08. The molecule has 2 aromatic carbocycles. The van der Waals surface area contributed by atoms with Crippen LogP contribution in [0.25, 0.3) is 0 Å². The average molecular weight is 259 g/mol. The number of nitrogens with one attached hydrogen (secondary N) is 1. The maximum atomic E-state index is 12.8. The van der Waals surface area contributed by atoms with E-state index in [2.05, 4.69) is 5.32 Å². The Labute approximate surface area is 110 Å². The van der Waals surface area contributed by atoms with Crippen molar-refractivity contribution >= 4 is 17.3 Å². The summed E-state index contributed by atoms with van der Waals surface area (Å²) in [6, 6.07) is 11.0. The summed E-state index contributed by atoms with van der Waals surface area (Å²) in [7, 11) is 0. The second-order valence-corrected chi connectivity index (χ2v) is 4.15. The molecule has 0 aromatic heterocycles. The Kier molecular flexibility index (Phi) is 3.66. The summed E-state index contributed by atoms with van der Waals surface area (Å²) in [5.74, 6) is -0.831. The van der Waals surface area contributed by atoms with Crippen LogP contribution in [0.5, 0.6) is 0 Å². The summed E-state index contributed by atoms with van der Waals surface area (Å²) in [4.78, 5) is 11.3. The van der Waals surface area contributed by atoms with Crippen molar-refractivity contribution in [3.8, 4) is 0 Å². The maximum Gasteiger partial charge on any atom is 0.250 e. The Hall–Kier alpha value is -2.56. The summed E-state index contributed by atoms with van der Waals surface area (Å²) >= 11 is 0. The van der Waals surface area contributed by atoms with Crippen molar-refractivity contribution in [2.75, 3.05) is 11.1 Å². The highest BCUT2D eigenvalue weighted by Crippen LogP contribution is 2.19. The van der Waals surface area contributed by atoms with Crippen LogP contribution in [-0.2, 0) is 6.54 Å². The maximum absolute atomic E-state index is 12.8. The van der Waals surface area contributed by atoms with E-state index in [1.165, 1.54) is 18.2 Å². The molecule has 2 rings (SSSR count). The van der Waals surface area contributed by atoms with Gasteiger partial charge in [0.2, 0.25) is 0 Å². The Morgan fingerprint density at radius 2 is 1.84 bits per heavy atom. The van der Waals surface area contributed by atoms with Crippen LogP contribution in [-0.4, -0.2) is 5.91 Å². The number of anilines is 2. The summed E-state index contributed by atoms with van der Waals surface area (Å²) < 4.78 is 12.8. The number of primary amides is 1. The minimum Gasteiger partial charge on any atom is -0.399 e. The summed E-state index contributed by atoms with van der Waals surface area (Å²) in [6.07, 6.45) is 0. The van der Waals surface area contributed by atoms with Crippen molar-refractivity contribution in [3.63, 3.8) is 0 Å². The van der Waals surface area contributed by atoms with E-state index in [-0.39, 0.29) is 5.82 Å². The summed E-state index contributed by atoms with van der Waals surface area (Å²) in [6.45, 7) is 0.463. The van der Waals surface area contributed by atoms with Gasteiger partial charge in [0.15, 0.2) is 0 Å². The van der Waals surface area contributed by atoms with Gasteiger partial charge in [-0.2, -0.15) is 0 Å². The van der Waals surface area contributed by atoms with Gasteiger partial charge in [0, 0.05) is 17.9 Å². The van der Waals surface area contributed by atoms with Crippen molar-refractivity contribution in [2.24, 2.45) is 5.73 Å². The molecule has 19 heavy (non-hydrogen) atoms. The van der Waals surface area contributed by atoms with Crippen LogP contribution in [0, 0.1) is 5.82 Å². The van der Waals surface area contributed by atoms with Crippen LogP contribution >= 0.6 is 0 Å². The number of amides is 1. The topological polar surface area (TPSA) is 81.1 Å². The van der Waals surface area contributed by atoms with Crippen LogP contribution in [0.1, 0.15) is 15.9 Å². The van der Waals surface area contributed by atoms with E-state index in [9.17, 15) is 9.18 Å². The molecule has 0 saturated heterocycles. The van der Waals surface area contributed by atoms with Crippen LogP contribution in [0.15, 0.2) is 42.5 Å². The van der Waals surface area contributed by atoms with E-state index in [4.69, 9.17) is 11.5 Å². The van der Waals surface area contributed by atoms with Crippen LogP contribution in [0.2, 0.25) is 0 Å². The second-order valence-electron chi connectivity index (χ2n) is 4.15. The number of hydrogen-bond donors (Lipinski definition) is 3. The third-order valence-corrected chi connectivity index (χ3v) is 2.71. The molecule has 1 amide bonds. The molecule has 0 fully saturated rings. The first kappa shape index (κ1) is 12.9. The van der Waals surface area contributed by atoms with Gasteiger partial charge in [-0.05, 0) is 35.9 Å². The van der Waals surface area contributed by atoms with Gasteiger partial charge in [-0.1, -0.05) is 12.1 Å². The standard InChI is InChI=1S/C14H14FN3O/c15-10-3-1-9(2-4-10)8-18-13-6-5-11(16)7-12(13)14(17)19/h1-7,18H,8,16H2,(H2,17,19). The largest absolute Gasteiger partial charge is 0.399 e. The minimum atomic E-state index is -0.547. The fourth-order valence-corrected chi connectivity index (χ4v) is 1.72. The quantitative estimate of drug-likeness (QED) is 0.736. The van der Waals surface area contributed by atoms with Crippen molar-refractivity contribution in [2.45, 2.75) is 6.54 Å². The second kappa shape index (κ2) is 5.39. The fraction of sp³-hybridized carbons (Fsp3) is 0.0714. The molecule has 0 aliphatic carbocycles. The number of nitrogens with two attached hydrogens (primary N) is 2. The number of benzene rings is 2. The highest BCUT2D eigenvalue weighted by Gasteiger charge is 2.08. The zero-order valence-electron chi connectivity index (χ0n) is 10.2. The first-order valence-electron chi connectivity index (χ1n) is 5.74. The lowest BCUT2D eigenvalue weighted by atomic mass is 10.1. The molecule has 98 valence electrons. The van der Waals surface area contributed by atoms with Crippen molar-refractivity contribution in [3.05, 3.63) is 59.4 Å². The van der Waals surface area contributed by atoms with E-state index < -0.39 is 5.91 Å². The fourth-order valence-electron chi connectivity index (χ4n) is 1.72. The van der Waals surface area contributed by atoms with Gasteiger partial charge in [-0.25, -0.2) is 4.39 Å². The molecular weight excluding hydrogens is 245 g/mol. The summed E-state index contributed by atoms with van der Waals surface area (Å²) in [5.41, 5.74) is 13.2. The molecule has 0 radical (unpaired) electrons. The molecule has 0 bridgehead atoms. The van der Waals surface area contributed by atoms with E-state index in [0.29, 0.717) is 23.5 Å². The van der Waals surface area contributed by atoms with Gasteiger partial charge in [0.1, 0.15) is 5.82 Å². The van der Waals surface area contributed by atoms with E-state index in [1.54, 1.807) is 24.3 Å². The number of carbonyl (C=O) groups excluding carboxylic acids is 1. The molecule has 0 atom stereocenters. The molecule has 5 heteroatoms. The molecule has 4 nitrogen and oxygen atoms in total. The van der Waals surface area contributed by atoms with Gasteiger partial charge in [0.05, 0.1) is 5.56 Å². The molecule has 0 aliphatic rings. The molecule has 0 unspecified atom stereocenters. The van der Waals surface area contributed by atoms with E-state index in [1.807, 2.05) is 0 Å². The first-order valence-corrected chi connectivity index (χ1v) is 5.74. The lowest BCUT2D eigenvalue weighted by Gasteiger charge is -2.11. The van der Waals surface area contributed by atoms with Crippen molar-refractivity contribution < 1.29 is 9.18 Å². The molecular formula is C14H14FN3O. The van der Waals surface area contributed by atoms with Gasteiger partial charge in [-0.3, -0.25) is 4.79 Å². The zero-order valence-corrected chi connectivity index (χ0v) is 10.2. The predicted molar refractivity (Wildman–Crippen MR) is 73.1 cm³/mol. The van der Waals surface area contributed by atoms with Crippen LogP contribution in [0.3, 0.4) is 0 Å². The number of rotatable bonds is 4. The SMILES string of the molecule is NC(=O)c1cc(N)ccc1NCc1ccc(F)cc1. The number of nitrogen functional groups attached to an aromatic ring is 1. The van der Waals surface area contributed by atoms with Crippen LogP contribution in [0.4, 0.5) is 15.8 Å². The monoisotopic (exact) mass is 259 g/mol. The molecule has 2 aromatic rings. The van der Waals surface area contributed by atoms with Gasteiger partial charge in [-0.15, -0.1) is 0 Å². The Morgan fingerprint density at radius 3 is 2.47 bits per heavy atom. The van der Waals surface area contributed by atoms with E-state index >= 15 is 0 Å². The normalized spacial score (nSPS) is 10.2. The Balaban J connectivity index is 2.15. The highest BCUT2D eigenvalue weighted by molar-refractivity contribution is 5.99. The van der Waals surface area contributed by atoms with Gasteiger partial charge < -0.3 is 16.8 Å². The van der Waals surface area contributed by atoms with Crippen LogP contribution < -0.4 is 16.8 Å². The van der Waals surface area contributed by atoms with E-state index in [0.717, 1.165) is 5.56 Å². The smallest absolute Gasteiger partial charge is 0.250 e. The highest BCUT2D eigenvalue weighted by atomic mass is 19.1. The Bertz CT molecular complexity index is 596.